The fourth-order valence-electron chi connectivity index (χ4n) is 1.72. The summed E-state index contributed by atoms with van der Waals surface area (Å²) in [6, 6.07) is 8.80. The van der Waals surface area contributed by atoms with Crippen LogP contribution in [0.1, 0.15) is 27.2 Å². The summed E-state index contributed by atoms with van der Waals surface area (Å²) in [6.07, 6.45) is 0. The fraction of sp³-hybridized carbons (Fsp3) is 0.200. The smallest absolute Gasteiger partial charge is 0.232 e. The van der Waals surface area contributed by atoms with Gasteiger partial charge in [-0.2, -0.15) is 0 Å². The van der Waals surface area contributed by atoms with Crippen molar-refractivity contribution in [3.05, 3.63) is 57.7 Å². The van der Waals surface area contributed by atoms with Gasteiger partial charge in [-0.05, 0) is 43.2 Å². The van der Waals surface area contributed by atoms with Gasteiger partial charge < -0.3 is 4.74 Å². The molecule has 0 N–H and O–H groups in total. The maximum absolute atomic E-state index is 12.3. The minimum Gasteiger partial charge on any atom is -0.480 e. The van der Waals surface area contributed by atoms with Crippen LogP contribution in [0.5, 0.6) is 5.88 Å². The molecule has 0 radical (unpaired) electrons. The van der Waals surface area contributed by atoms with Gasteiger partial charge in [-0.3, -0.25) is 4.79 Å². The Bertz CT molecular complexity index is 638. The van der Waals surface area contributed by atoms with Crippen LogP contribution in [0.25, 0.3) is 0 Å². The summed E-state index contributed by atoms with van der Waals surface area (Å²) in [5, 5.41) is 0.388. The molecule has 4 heteroatoms. The predicted molar refractivity (Wildman–Crippen MR) is 75.1 cm³/mol. The van der Waals surface area contributed by atoms with Gasteiger partial charge in [0, 0.05) is 5.56 Å². The Morgan fingerprint density at radius 2 is 1.89 bits per heavy atom. The third-order valence-electron chi connectivity index (χ3n) is 3.01. The highest BCUT2D eigenvalue weighted by Gasteiger charge is 2.13. The number of aryl methyl sites for hydroxylation is 2. The molecule has 2 aromatic rings. The molecule has 1 aromatic carbocycles. The first-order valence-corrected chi connectivity index (χ1v) is 6.23. The molecule has 0 spiro atoms. The Morgan fingerprint density at radius 3 is 2.53 bits per heavy atom. The van der Waals surface area contributed by atoms with E-state index in [-0.39, 0.29) is 11.7 Å². The van der Waals surface area contributed by atoms with E-state index < -0.39 is 0 Å². The zero-order valence-electron chi connectivity index (χ0n) is 11.0. The van der Waals surface area contributed by atoms with Crippen molar-refractivity contribution >= 4 is 17.4 Å². The summed E-state index contributed by atoms with van der Waals surface area (Å²) in [7, 11) is 1.47. The quantitative estimate of drug-likeness (QED) is 0.804. The van der Waals surface area contributed by atoms with Gasteiger partial charge in [0.25, 0.3) is 0 Å². The molecule has 0 unspecified atom stereocenters. The van der Waals surface area contributed by atoms with Crippen LogP contribution in [-0.4, -0.2) is 17.9 Å². The van der Waals surface area contributed by atoms with E-state index in [0.29, 0.717) is 16.3 Å². The van der Waals surface area contributed by atoms with Crippen molar-refractivity contribution in [1.82, 2.24) is 4.98 Å². The van der Waals surface area contributed by atoms with E-state index in [4.69, 9.17) is 16.3 Å². The van der Waals surface area contributed by atoms with Crippen molar-refractivity contribution in [1.29, 1.82) is 0 Å². The van der Waals surface area contributed by atoms with Gasteiger partial charge in [-0.25, -0.2) is 4.98 Å². The molecule has 0 aliphatic heterocycles. The third-order valence-corrected chi connectivity index (χ3v) is 3.30. The first-order chi connectivity index (χ1) is 9.02. The average molecular weight is 276 g/mol. The number of halogens is 1. The Balaban J connectivity index is 2.41. The molecular weight excluding hydrogens is 262 g/mol. The van der Waals surface area contributed by atoms with Gasteiger partial charge in [0.05, 0.1) is 7.11 Å². The fourth-order valence-corrected chi connectivity index (χ4v) is 1.91. The molecule has 0 bridgehead atoms. The number of pyridine rings is 1. The number of rotatable bonds is 3. The highest BCUT2D eigenvalue weighted by Crippen LogP contribution is 2.22. The number of ketones is 1. The first-order valence-electron chi connectivity index (χ1n) is 5.85. The zero-order valence-corrected chi connectivity index (χ0v) is 11.8. The van der Waals surface area contributed by atoms with Gasteiger partial charge in [0.1, 0.15) is 10.7 Å². The lowest BCUT2D eigenvalue weighted by Gasteiger charge is -2.06. The summed E-state index contributed by atoms with van der Waals surface area (Å²) in [5.74, 6) is 0.120. The summed E-state index contributed by atoms with van der Waals surface area (Å²) >= 11 is 5.89. The molecule has 98 valence electrons. The minimum absolute atomic E-state index is 0.141. The van der Waals surface area contributed by atoms with Crippen molar-refractivity contribution < 1.29 is 9.53 Å². The number of hydrogen-bond donors (Lipinski definition) is 0. The van der Waals surface area contributed by atoms with Crippen LogP contribution in [0.4, 0.5) is 0 Å². The van der Waals surface area contributed by atoms with Crippen molar-refractivity contribution in [2.75, 3.05) is 7.11 Å². The molecule has 0 amide bonds. The van der Waals surface area contributed by atoms with E-state index in [1.54, 1.807) is 18.2 Å². The molecule has 0 atom stereocenters. The minimum atomic E-state index is -0.141. The molecular formula is C15H14ClNO2. The van der Waals surface area contributed by atoms with E-state index in [1.807, 2.05) is 26.0 Å². The SMILES string of the molecule is COc1nc(C(=O)c2ccc(C)c(C)c2)ccc1Cl. The lowest BCUT2D eigenvalue weighted by Crippen LogP contribution is -2.05. The number of ether oxygens (including phenoxy) is 1. The molecule has 1 aromatic heterocycles. The molecule has 0 fully saturated rings. The maximum Gasteiger partial charge on any atom is 0.232 e. The maximum atomic E-state index is 12.3. The van der Waals surface area contributed by atoms with Crippen LogP contribution in [0.2, 0.25) is 5.02 Å². The van der Waals surface area contributed by atoms with Crippen LogP contribution in [0.3, 0.4) is 0 Å². The molecule has 0 saturated heterocycles. The second kappa shape index (κ2) is 5.41. The summed E-state index contributed by atoms with van der Waals surface area (Å²) in [5.41, 5.74) is 3.16. The number of hydrogen-bond acceptors (Lipinski definition) is 3. The standard InChI is InChI=1S/C15H14ClNO2/c1-9-4-5-11(8-10(9)2)14(18)13-7-6-12(16)15(17-13)19-3/h4-8H,1-3H3. The Labute approximate surface area is 117 Å². The molecule has 0 saturated carbocycles. The predicted octanol–water partition coefficient (Wildman–Crippen LogP) is 3.59. The van der Waals surface area contributed by atoms with Crippen LogP contribution in [-0.2, 0) is 0 Å². The monoisotopic (exact) mass is 275 g/mol. The second-order valence-electron chi connectivity index (χ2n) is 4.32. The van der Waals surface area contributed by atoms with Crippen molar-refractivity contribution in [3.8, 4) is 5.88 Å². The Kier molecular flexibility index (Phi) is 3.86. The van der Waals surface area contributed by atoms with Crippen molar-refractivity contribution in [2.24, 2.45) is 0 Å². The normalized spacial score (nSPS) is 10.3. The van der Waals surface area contributed by atoms with Gasteiger partial charge in [0.15, 0.2) is 0 Å². The lowest BCUT2D eigenvalue weighted by molar-refractivity contribution is 0.103. The van der Waals surface area contributed by atoms with Crippen LogP contribution >= 0.6 is 11.6 Å². The molecule has 2 rings (SSSR count). The number of methoxy groups -OCH3 is 1. The number of nitrogens with zero attached hydrogens (tertiary/aromatic N) is 1. The number of aromatic nitrogens is 1. The zero-order chi connectivity index (χ0) is 14.0. The van der Waals surface area contributed by atoms with Crippen LogP contribution < -0.4 is 4.74 Å². The van der Waals surface area contributed by atoms with Crippen LogP contribution in [0, 0.1) is 13.8 Å². The largest absolute Gasteiger partial charge is 0.480 e. The van der Waals surface area contributed by atoms with E-state index in [0.717, 1.165) is 11.1 Å². The van der Waals surface area contributed by atoms with E-state index in [9.17, 15) is 4.79 Å². The Hall–Kier alpha value is -1.87. The van der Waals surface area contributed by atoms with Gasteiger partial charge >= 0.3 is 0 Å². The van der Waals surface area contributed by atoms with E-state index in [1.165, 1.54) is 7.11 Å². The molecule has 0 aliphatic rings. The highest BCUT2D eigenvalue weighted by molar-refractivity contribution is 6.31. The van der Waals surface area contributed by atoms with Gasteiger partial charge in [0.2, 0.25) is 11.7 Å². The van der Waals surface area contributed by atoms with Crippen LogP contribution in [0.15, 0.2) is 30.3 Å². The summed E-state index contributed by atoms with van der Waals surface area (Å²) < 4.78 is 5.02. The highest BCUT2D eigenvalue weighted by atomic mass is 35.5. The molecule has 1 heterocycles. The molecule has 19 heavy (non-hydrogen) atoms. The van der Waals surface area contributed by atoms with Gasteiger partial charge in [-0.15, -0.1) is 0 Å². The summed E-state index contributed by atoms with van der Waals surface area (Å²) in [6.45, 7) is 3.98. The molecule has 3 nitrogen and oxygen atoms in total. The second-order valence-corrected chi connectivity index (χ2v) is 4.72. The number of carbonyl (C=O) groups is 1. The Morgan fingerprint density at radius 1 is 1.16 bits per heavy atom. The average Bonchev–Trinajstić information content (AvgIpc) is 2.41. The number of carbonyl (C=O) groups excluding carboxylic acids is 1. The van der Waals surface area contributed by atoms with Crippen molar-refractivity contribution in [3.63, 3.8) is 0 Å². The van der Waals surface area contributed by atoms with E-state index in [2.05, 4.69) is 4.98 Å². The van der Waals surface area contributed by atoms with Crippen molar-refractivity contribution in [2.45, 2.75) is 13.8 Å². The molecule has 0 aliphatic carbocycles. The lowest BCUT2D eigenvalue weighted by atomic mass is 10.0. The van der Waals surface area contributed by atoms with E-state index >= 15 is 0 Å². The first kappa shape index (κ1) is 13.6. The topological polar surface area (TPSA) is 39.2 Å². The number of benzene rings is 1. The summed E-state index contributed by atoms with van der Waals surface area (Å²) in [4.78, 5) is 16.4. The third kappa shape index (κ3) is 2.76. The van der Waals surface area contributed by atoms with Gasteiger partial charge in [-0.1, -0.05) is 23.7 Å².